The number of nitrogens with zero attached hydrogens (tertiary/aromatic N) is 2. The van der Waals surface area contributed by atoms with E-state index in [4.69, 9.17) is 0 Å². The summed E-state index contributed by atoms with van der Waals surface area (Å²) < 4.78 is 0. The Morgan fingerprint density at radius 3 is 2.67 bits per heavy atom. The summed E-state index contributed by atoms with van der Waals surface area (Å²) in [5.74, 6) is 0.374. The van der Waals surface area contributed by atoms with Crippen LogP contribution in [0.5, 0.6) is 0 Å². The number of rotatable bonds is 7. The summed E-state index contributed by atoms with van der Waals surface area (Å²) in [6, 6.07) is 0. The first-order valence-corrected chi connectivity index (χ1v) is 8.12. The van der Waals surface area contributed by atoms with E-state index in [1.165, 1.54) is 11.3 Å². The van der Waals surface area contributed by atoms with Crippen molar-refractivity contribution in [2.45, 2.75) is 26.2 Å². The Labute approximate surface area is 116 Å². The van der Waals surface area contributed by atoms with Crippen LogP contribution in [-0.4, -0.2) is 41.7 Å². The highest BCUT2D eigenvalue weighted by atomic mass is 32.2. The molecule has 0 aromatic carbocycles. The number of carbonyl (C=O) groups is 1. The van der Waals surface area contributed by atoms with Crippen molar-refractivity contribution in [3.05, 3.63) is 10.6 Å². The number of carboxylic acids is 1. The van der Waals surface area contributed by atoms with Gasteiger partial charge >= 0.3 is 5.97 Å². The molecule has 0 aliphatic heterocycles. The molecule has 0 aliphatic rings. The summed E-state index contributed by atoms with van der Waals surface area (Å²) in [6.07, 6.45) is 3.17. The lowest BCUT2D eigenvalue weighted by Crippen LogP contribution is -2.18. The summed E-state index contributed by atoms with van der Waals surface area (Å²) >= 11 is 3.09. The SMILES string of the molecule is CSCCCN(C)c1nc(C(C)C)c(C(=O)O)s1. The molecule has 1 heterocycles. The summed E-state index contributed by atoms with van der Waals surface area (Å²) in [7, 11) is 1.97. The number of thiazole rings is 1. The van der Waals surface area contributed by atoms with Gasteiger partial charge in [0.2, 0.25) is 0 Å². The Balaban J connectivity index is 2.83. The van der Waals surface area contributed by atoms with E-state index in [1.54, 1.807) is 0 Å². The highest BCUT2D eigenvalue weighted by Gasteiger charge is 2.20. The summed E-state index contributed by atoms with van der Waals surface area (Å²) in [4.78, 5) is 18.1. The molecule has 1 N–H and O–H groups in total. The Hall–Kier alpha value is -0.750. The van der Waals surface area contributed by atoms with Crippen molar-refractivity contribution in [2.24, 2.45) is 0 Å². The van der Waals surface area contributed by atoms with Gasteiger partial charge in [-0.2, -0.15) is 11.8 Å². The molecule has 4 nitrogen and oxygen atoms in total. The Morgan fingerprint density at radius 1 is 1.56 bits per heavy atom. The lowest BCUT2D eigenvalue weighted by atomic mass is 10.1. The maximum atomic E-state index is 11.2. The van der Waals surface area contributed by atoms with Crippen LogP contribution < -0.4 is 4.90 Å². The lowest BCUT2D eigenvalue weighted by Gasteiger charge is -2.14. The Bertz CT molecular complexity index is 405. The first-order valence-electron chi connectivity index (χ1n) is 5.91. The van der Waals surface area contributed by atoms with Crippen LogP contribution >= 0.6 is 23.1 Å². The fourth-order valence-electron chi connectivity index (χ4n) is 1.57. The topological polar surface area (TPSA) is 53.4 Å². The van der Waals surface area contributed by atoms with E-state index in [1.807, 2.05) is 37.6 Å². The van der Waals surface area contributed by atoms with E-state index in [0.29, 0.717) is 10.6 Å². The highest BCUT2D eigenvalue weighted by Crippen LogP contribution is 2.30. The van der Waals surface area contributed by atoms with E-state index in [9.17, 15) is 9.90 Å². The number of hydrogen-bond acceptors (Lipinski definition) is 5. The molecule has 0 atom stereocenters. The third-order valence-electron chi connectivity index (χ3n) is 2.55. The molecule has 1 aromatic rings. The molecule has 102 valence electrons. The molecular formula is C12H20N2O2S2. The first kappa shape index (κ1) is 15.3. The largest absolute Gasteiger partial charge is 0.477 e. The summed E-state index contributed by atoms with van der Waals surface area (Å²) in [6.45, 7) is 4.85. The number of carboxylic acid groups (broad SMARTS) is 1. The van der Waals surface area contributed by atoms with Gasteiger partial charge in [0.25, 0.3) is 0 Å². The molecule has 0 amide bonds. The Morgan fingerprint density at radius 2 is 2.22 bits per heavy atom. The van der Waals surface area contributed by atoms with Crippen molar-refractivity contribution in [1.82, 2.24) is 4.98 Å². The fourth-order valence-corrected chi connectivity index (χ4v) is 3.03. The quantitative estimate of drug-likeness (QED) is 0.781. The van der Waals surface area contributed by atoms with Crippen molar-refractivity contribution in [1.29, 1.82) is 0 Å². The number of thioether (sulfide) groups is 1. The van der Waals surface area contributed by atoms with Crippen molar-refractivity contribution >= 4 is 34.2 Å². The zero-order valence-corrected chi connectivity index (χ0v) is 12.9. The molecule has 6 heteroatoms. The van der Waals surface area contributed by atoms with Crippen molar-refractivity contribution in [3.8, 4) is 0 Å². The average molecular weight is 288 g/mol. The number of anilines is 1. The third-order valence-corrected chi connectivity index (χ3v) is 4.42. The van der Waals surface area contributed by atoms with Crippen LogP contribution in [0.1, 0.15) is 41.6 Å². The second-order valence-corrected chi connectivity index (χ2v) is 6.40. The second kappa shape index (κ2) is 6.99. The van der Waals surface area contributed by atoms with Crippen LogP contribution in [0.4, 0.5) is 5.13 Å². The van der Waals surface area contributed by atoms with Crippen LogP contribution in [0.25, 0.3) is 0 Å². The van der Waals surface area contributed by atoms with Gasteiger partial charge in [-0.1, -0.05) is 25.2 Å². The molecule has 1 aromatic heterocycles. The molecular weight excluding hydrogens is 268 g/mol. The van der Waals surface area contributed by atoms with Gasteiger partial charge in [0.1, 0.15) is 4.88 Å². The van der Waals surface area contributed by atoms with Gasteiger partial charge < -0.3 is 10.0 Å². The van der Waals surface area contributed by atoms with Gasteiger partial charge in [-0.15, -0.1) is 0 Å². The van der Waals surface area contributed by atoms with E-state index < -0.39 is 5.97 Å². The molecule has 0 unspecified atom stereocenters. The van der Waals surface area contributed by atoms with Gasteiger partial charge in [-0.25, -0.2) is 9.78 Å². The van der Waals surface area contributed by atoms with Gasteiger partial charge in [0.05, 0.1) is 5.69 Å². The zero-order chi connectivity index (χ0) is 13.7. The van der Waals surface area contributed by atoms with Crippen molar-refractivity contribution in [2.75, 3.05) is 30.5 Å². The van der Waals surface area contributed by atoms with E-state index in [-0.39, 0.29) is 5.92 Å². The molecule has 0 radical (unpaired) electrons. The molecule has 0 fully saturated rings. The predicted octanol–water partition coefficient (Wildman–Crippen LogP) is 3.15. The van der Waals surface area contributed by atoms with E-state index in [2.05, 4.69) is 11.2 Å². The minimum Gasteiger partial charge on any atom is -0.477 e. The monoisotopic (exact) mass is 288 g/mol. The van der Waals surface area contributed by atoms with Gasteiger partial charge in [0, 0.05) is 13.6 Å². The number of hydrogen-bond donors (Lipinski definition) is 1. The van der Waals surface area contributed by atoms with Gasteiger partial charge in [0.15, 0.2) is 5.13 Å². The number of aromatic carboxylic acids is 1. The van der Waals surface area contributed by atoms with Gasteiger partial charge in [-0.05, 0) is 24.3 Å². The lowest BCUT2D eigenvalue weighted by molar-refractivity contribution is 0.0700. The standard InChI is InChI=1S/C12H20N2O2S2/c1-8(2)9-10(11(15)16)18-12(13-9)14(3)6-5-7-17-4/h8H,5-7H2,1-4H3,(H,15,16). The molecule has 0 saturated carbocycles. The smallest absolute Gasteiger partial charge is 0.347 e. The minimum atomic E-state index is -0.875. The van der Waals surface area contributed by atoms with E-state index >= 15 is 0 Å². The Kier molecular flexibility index (Phi) is 5.95. The molecule has 0 saturated heterocycles. The number of aromatic nitrogens is 1. The van der Waals surface area contributed by atoms with Crippen LogP contribution in [0.2, 0.25) is 0 Å². The molecule has 18 heavy (non-hydrogen) atoms. The fraction of sp³-hybridized carbons (Fsp3) is 0.667. The van der Waals surface area contributed by atoms with Crippen LogP contribution in [-0.2, 0) is 0 Å². The van der Waals surface area contributed by atoms with Crippen molar-refractivity contribution in [3.63, 3.8) is 0 Å². The first-order chi connectivity index (χ1) is 8.47. The average Bonchev–Trinajstić information content (AvgIpc) is 2.74. The van der Waals surface area contributed by atoms with E-state index in [0.717, 1.165) is 23.8 Å². The maximum absolute atomic E-state index is 11.2. The molecule has 0 spiro atoms. The second-order valence-electron chi connectivity index (χ2n) is 4.44. The van der Waals surface area contributed by atoms with Crippen LogP contribution in [0.3, 0.4) is 0 Å². The summed E-state index contributed by atoms with van der Waals surface area (Å²) in [5, 5.41) is 9.98. The van der Waals surface area contributed by atoms with Crippen LogP contribution in [0, 0.1) is 0 Å². The maximum Gasteiger partial charge on any atom is 0.347 e. The summed E-state index contributed by atoms with van der Waals surface area (Å²) in [5.41, 5.74) is 0.694. The molecule has 1 rings (SSSR count). The van der Waals surface area contributed by atoms with Gasteiger partial charge in [-0.3, -0.25) is 0 Å². The predicted molar refractivity (Wildman–Crippen MR) is 79.4 cm³/mol. The molecule has 0 aliphatic carbocycles. The third kappa shape index (κ3) is 3.88. The minimum absolute atomic E-state index is 0.140. The van der Waals surface area contributed by atoms with Crippen LogP contribution in [0.15, 0.2) is 0 Å². The van der Waals surface area contributed by atoms with Crippen molar-refractivity contribution < 1.29 is 9.90 Å². The normalized spacial score (nSPS) is 10.9. The highest BCUT2D eigenvalue weighted by molar-refractivity contribution is 7.98. The molecule has 0 bridgehead atoms. The zero-order valence-electron chi connectivity index (χ0n) is 11.3.